The predicted molar refractivity (Wildman–Crippen MR) is 67.1 cm³/mol. The molecule has 0 aliphatic carbocycles. The average molecular weight is 253 g/mol. The van der Waals surface area contributed by atoms with E-state index in [4.69, 9.17) is 11.2 Å². The highest BCUT2D eigenvalue weighted by Crippen LogP contribution is 2.16. The van der Waals surface area contributed by atoms with E-state index >= 15 is 0 Å². The first-order valence-electron chi connectivity index (χ1n) is 5.00. The van der Waals surface area contributed by atoms with Gasteiger partial charge in [-0.05, 0) is 17.7 Å². The Labute approximate surface area is 102 Å². The molecule has 0 fully saturated rings. The van der Waals surface area contributed by atoms with Crippen LogP contribution in [0.1, 0.15) is 5.56 Å². The summed E-state index contributed by atoms with van der Waals surface area (Å²) in [6.45, 7) is 0.0757. The molecule has 92 valence electrons. The fourth-order valence-corrected chi connectivity index (χ4v) is 2.40. The molecule has 17 heavy (non-hydrogen) atoms. The van der Waals surface area contributed by atoms with Crippen LogP contribution < -0.4 is 4.74 Å². The van der Waals surface area contributed by atoms with Crippen molar-refractivity contribution in [1.82, 2.24) is 4.31 Å². The highest BCUT2D eigenvalue weighted by Gasteiger charge is 2.17. The van der Waals surface area contributed by atoms with Crippen molar-refractivity contribution >= 4 is 10.0 Å². The average Bonchev–Trinajstić information content (AvgIpc) is 2.29. The van der Waals surface area contributed by atoms with Gasteiger partial charge in [-0.3, -0.25) is 0 Å². The smallest absolute Gasteiger partial charge is 0.218 e. The van der Waals surface area contributed by atoms with Gasteiger partial charge in [0.15, 0.2) is 0 Å². The van der Waals surface area contributed by atoms with E-state index in [9.17, 15) is 8.42 Å². The van der Waals surface area contributed by atoms with Gasteiger partial charge in [-0.1, -0.05) is 18.1 Å². The normalized spacial score (nSPS) is 11.2. The lowest BCUT2D eigenvalue weighted by molar-refractivity contribution is 0.414. The van der Waals surface area contributed by atoms with Crippen molar-refractivity contribution in [2.75, 3.05) is 20.7 Å². The molecular weight excluding hydrogens is 238 g/mol. The third-order valence-electron chi connectivity index (χ3n) is 2.27. The number of nitrogens with zero attached hydrogens (tertiary/aromatic N) is 1. The molecule has 0 aliphatic rings. The SMILES string of the molecule is C#CCN(C)S(=O)(=O)Cc1cccc(OC)c1. The van der Waals surface area contributed by atoms with Gasteiger partial charge in [0.2, 0.25) is 10.0 Å². The Balaban J connectivity index is 2.87. The van der Waals surface area contributed by atoms with Gasteiger partial charge in [0.1, 0.15) is 5.75 Å². The number of sulfonamides is 1. The molecule has 0 atom stereocenters. The molecule has 0 saturated heterocycles. The van der Waals surface area contributed by atoms with E-state index < -0.39 is 10.0 Å². The van der Waals surface area contributed by atoms with Crippen molar-refractivity contribution in [3.8, 4) is 18.1 Å². The van der Waals surface area contributed by atoms with Gasteiger partial charge in [0.05, 0.1) is 19.4 Å². The lowest BCUT2D eigenvalue weighted by Crippen LogP contribution is -2.28. The van der Waals surface area contributed by atoms with Gasteiger partial charge < -0.3 is 4.74 Å². The molecule has 0 aromatic heterocycles. The lowest BCUT2D eigenvalue weighted by Gasteiger charge is -2.14. The molecule has 0 saturated carbocycles. The quantitative estimate of drug-likeness (QED) is 0.738. The van der Waals surface area contributed by atoms with Crippen molar-refractivity contribution < 1.29 is 13.2 Å². The molecule has 0 aliphatic heterocycles. The monoisotopic (exact) mass is 253 g/mol. The minimum absolute atomic E-state index is 0.0757. The van der Waals surface area contributed by atoms with Gasteiger partial charge in [-0.25, -0.2) is 8.42 Å². The largest absolute Gasteiger partial charge is 0.497 e. The first kappa shape index (κ1) is 13.6. The van der Waals surface area contributed by atoms with Crippen molar-refractivity contribution in [2.45, 2.75) is 5.75 Å². The standard InChI is InChI=1S/C12H15NO3S/c1-4-8-13(2)17(14,15)10-11-6-5-7-12(9-11)16-3/h1,5-7,9H,8,10H2,2-3H3. The Morgan fingerprint density at radius 3 is 2.76 bits per heavy atom. The van der Waals surface area contributed by atoms with E-state index in [0.29, 0.717) is 11.3 Å². The van der Waals surface area contributed by atoms with E-state index in [0.717, 1.165) is 4.31 Å². The molecule has 1 aromatic carbocycles. The van der Waals surface area contributed by atoms with Crippen molar-refractivity contribution in [2.24, 2.45) is 0 Å². The molecule has 4 nitrogen and oxygen atoms in total. The van der Waals surface area contributed by atoms with Crippen molar-refractivity contribution in [1.29, 1.82) is 0 Å². The maximum atomic E-state index is 11.9. The number of hydrogen-bond acceptors (Lipinski definition) is 3. The Kier molecular flexibility index (Phi) is 4.55. The van der Waals surface area contributed by atoms with Gasteiger partial charge in [0, 0.05) is 7.05 Å². The summed E-state index contributed by atoms with van der Waals surface area (Å²) < 4.78 is 30.0. The summed E-state index contributed by atoms with van der Waals surface area (Å²) in [6, 6.07) is 6.96. The lowest BCUT2D eigenvalue weighted by atomic mass is 10.2. The van der Waals surface area contributed by atoms with Crippen LogP contribution in [0.15, 0.2) is 24.3 Å². The summed E-state index contributed by atoms with van der Waals surface area (Å²) in [6.07, 6.45) is 5.09. The summed E-state index contributed by atoms with van der Waals surface area (Å²) in [7, 11) is -0.358. The molecule has 5 heteroatoms. The van der Waals surface area contributed by atoms with Crippen LogP contribution in [0.5, 0.6) is 5.75 Å². The first-order chi connectivity index (χ1) is 7.99. The Morgan fingerprint density at radius 2 is 2.18 bits per heavy atom. The van der Waals surface area contributed by atoms with E-state index in [2.05, 4.69) is 5.92 Å². The zero-order valence-electron chi connectivity index (χ0n) is 9.88. The van der Waals surface area contributed by atoms with Crippen LogP contribution in [0.2, 0.25) is 0 Å². The number of ether oxygens (including phenoxy) is 1. The van der Waals surface area contributed by atoms with E-state index in [1.165, 1.54) is 14.2 Å². The van der Waals surface area contributed by atoms with Gasteiger partial charge in [0.25, 0.3) is 0 Å². The number of rotatable bonds is 5. The maximum absolute atomic E-state index is 11.9. The maximum Gasteiger partial charge on any atom is 0.218 e. The van der Waals surface area contributed by atoms with Crippen LogP contribution in [-0.4, -0.2) is 33.4 Å². The minimum atomic E-state index is -3.37. The zero-order valence-corrected chi connectivity index (χ0v) is 10.7. The summed E-state index contributed by atoms with van der Waals surface area (Å²) in [4.78, 5) is 0. The third kappa shape index (κ3) is 3.77. The summed E-state index contributed by atoms with van der Waals surface area (Å²) in [5.74, 6) is 2.86. The van der Waals surface area contributed by atoms with Crippen molar-refractivity contribution in [3.05, 3.63) is 29.8 Å². The molecule has 0 bridgehead atoms. The Hall–Kier alpha value is -1.51. The second-order valence-corrected chi connectivity index (χ2v) is 5.64. The third-order valence-corrected chi connectivity index (χ3v) is 4.05. The zero-order chi connectivity index (χ0) is 12.9. The van der Waals surface area contributed by atoms with E-state index in [1.807, 2.05) is 0 Å². The van der Waals surface area contributed by atoms with Gasteiger partial charge >= 0.3 is 0 Å². The van der Waals surface area contributed by atoms with E-state index in [-0.39, 0.29) is 12.3 Å². The van der Waals surface area contributed by atoms with Gasteiger partial charge in [-0.2, -0.15) is 4.31 Å². The predicted octanol–water partition coefficient (Wildman–Crippen LogP) is 1.09. The molecular formula is C12H15NO3S. The van der Waals surface area contributed by atoms with Crippen LogP contribution in [0, 0.1) is 12.3 Å². The highest BCUT2D eigenvalue weighted by molar-refractivity contribution is 7.88. The van der Waals surface area contributed by atoms with Crippen LogP contribution >= 0.6 is 0 Å². The summed E-state index contributed by atoms with van der Waals surface area (Å²) in [5.41, 5.74) is 0.674. The molecule has 0 spiro atoms. The fraction of sp³-hybridized carbons (Fsp3) is 0.333. The van der Waals surface area contributed by atoms with Crippen molar-refractivity contribution in [3.63, 3.8) is 0 Å². The number of hydrogen-bond donors (Lipinski definition) is 0. The number of methoxy groups -OCH3 is 1. The fourth-order valence-electron chi connectivity index (χ4n) is 1.31. The topological polar surface area (TPSA) is 46.6 Å². The second kappa shape index (κ2) is 5.71. The summed E-state index contributed by atoms with van der Waals surface area (Å²) in [5, 5.41) is 0. The summed E-state index contributed by atoms with van der Waals surface area (Å²) >= 11 is 0. The second-order valence-electron chi connectivity index (χ2n) is 3.57. The molecule has 0 N–H and O–H groups in total. The first-order valence-corrected chi connectivity index (χ1v) is 6.61. The molecule has 1 aromatic rings. The molecule has 1 rings (SSSR count). The Bertz CT molecular complexity index is 517. The van der Waals surface area contributed by atoms with Gasteiger partial charge in [-0.15, -0.1) is 6.42 Å². The number of benzene rings is 1. The van der Waals surface area contributed by atoms with Crippen LogP contribution in [0.25, 0.3) is 0 Å². The highest BCUT2D eigenvalue weighted by atomic mass is 32.2. The molecule has 0 heterocycles. The Morgan fingerprint density at radius 1 is 1.47 bits per heavy atom. The van der Waals surface area contributed by atoms with Crippen LogP contribution in [0.4, 0.5) is 0 Å². The molecule has 0 amide bonds. The van der Waals surface area contributed by atoms with Crippen LogP contribution in [-0.2, 0) is 15.8 Å². The van der Waals surface area contributed by atoms with Crippen LogP contribution in [0.3, 0.4) is 0 Å². The van der Waals surface area contributed by atoms with E-state index in [1.54, 1.807) is 24.3 Å². The minimum Gasteiger partial charge on any atom is -0.497 e. The molecule has 0 radical (unpaired) electrons. The molecule has 0 unspecified atom stereocenters. The number of terminal acetylenes is 1.